The maximum absolute atomic E-state index is 12.5. The number of hydrogen-bond donors (Lipinski definition) is 2. The number of nitrogen functional groups attached to an aromatic ring is 1. The summed E-state index contributed by atoms with van der Waals surface area (Å²) in [6.45, 7) is -0.266. The number of nitrogens with one attached hydrogen (secondary N) is 1. The van der Waals surface area contributed by atoms with Crippen LogP contribution in [0.25, 0.3) is 22.0 Å². The molecule has 0 fully saturated rings. The summed E-state index contributed by atoms with van der Waals surface area (Å²) in [6.07, 6.45) is 0. The van der Waals surface area contributed by atoms with E-state index in [1.807, 2.05) is 60.7 Å². The minimum Gasteiger partial charge on any atom is -0.474 e. The Bertz CT molecular complexity index is 1200. The van der Waals surface area contributed by atoms with Gasteiger partial charge >= 0.3 is 0 Å². The third kappa shape index (κ3) is 4.78. The van der Waals surface area contributed by atoms with Crippen LogP contribution in [0.1, 0.15) is 15.9 Å². The van der Waals surface area contributed by atoms with Crippen LogP contribution in [0.2, 0.25) is 0 Å². The van der Waals surface area contributed by atoms with Crippen molar-refractivity contribution in [3.8, 4) is 17.0 Å². The lowest BCUT2D eigenvalue weighted by molar-refractivity contribution is 0.0951. The zero-order chi connectivity index (χ0) is 21.6. The molecule has 0 spiro atoms. The molecule has 7 heteroatoms. The van der Waals surface area contributed by atoms with E-state index in [4.69, 9.17) is 10.5 Å². The van der Waals surface area contributed by atoms with Crippen molar-refractivity contribution in [3.05, 3.63) is 83.9 Å². The topological polar surface area (TPSA) is 90.1 Å². The minimum atomic E-state index is -0.626. The van der Waals surface area contributed by atoms with E-state index >= 15 is 0 Å². The molecule has 3 aromatic carbocycles. The molecule has 0 saturated carbocycles. The molecule has 0 radical (unpaired) electrons. The third-order valence-corrected chi connectivity index (χ3v) is 4.77. The van der Waals surface area contributed by atoms with Crippen molar-refractivity contribution in [2.45, 2.75) is 6.54 Å². The quantitative estimate of drug-likeness (QED) is 0.472. The second-order valence-corrected chi connectivity index (χ2v) is 6.90. The van der Waals surface area contributed by atoms with Gasteiger partial charge in [0.25, 0.3) is 5.91 Å². The monoisotopic (exact) mass is 416 g/mol. The summed E-state index contributed by atoms with van der Waals surface area (Å²) >= 11 is 0. The number of anilines is 1. The average Bonchev–Trinajstić information content (AvgIpc) is 2.81. The Hall–Kier alpha value is -4.00. The maximum atomic E-state index is 12.5. The third-order valence-electron chi connectivity index (χ3n) is 4.77. The molecule has 6 nitrogen and oxygen atoms in total. The van der Waals surface area contributed by atoms with Crippen LogP contribution in [0.3, 0.4) is 0 Å². The Labute approximate surface area is 178 Å². The molecule has 4 rings (SSSR count). The van der Waals surface area contributed by atoms with Gasteiger partial charge in [-0.2, -0.15) is 4.98 Å². The van der Waals surface area contributed by atoms with Crippen molar-refractivity contribution >= 4 is 22.8 Å². The van der Waals surface area contributed by atoms with Crippen LogP contribution in [0.4, 0.5) is 10.3 Å². The number of hydrogen-bond acceptors (Lipinski definition) is 5. The van der Waals surface area contributed by atoms with Crippen molar-refractivity contribution in [2.75, 3.05) is 19.0 Å². The van der Waals surface area contributed by atoms with Gasteiger partial charge in [0.2, 0.25) is 11.8 Å². The molecule has 1 aromatic heterocycles. The van der Waals surface area contributed by atoms with E-state index in [9.17, 15) is 9.18 Å². The SMILES string of the molecule is Nc1nc(OCCF)c2cc(-c3ccc(C(=O)NCc4ccccc4)cc3)ccc2n1. The van der Waals surface area contributed by atoms with Crippen molar-refractivity contribution in [3.63, 3.8) is 0 Å². The second-order valence-electron chi connectivity index (χ2n) is 6.90. The standard InChI is InChI=1S/C24H21FN4O2/c25-12-13-31-23-20-14-19(10-11-21(20)28-24(26)29-23)17-6-8-18(9-7-17)22(30)27-15-16-4-2-1-3-5-16/h1-11,14H,12-13,15H2,(H,27,30)(H2,26,28,29). The highest BCUT2D eigenvalue weighted by Crippen LogP contribution is 2.29. The van der Waals surface area contributed by atoms with E-state index in [1.165, 1.54) is 0 Å². The fourth-order valence-electron chi connectivity index (χ4n) is 3.24. The summed E-state index contributed by atoms with van der Waals surface area (Å²) in [6, 6.07) is 22.6. The fraction of sp³-hybridized carbons (Fsp3) is 0.125. The van der Waals surface area contributed by atoms with Gasteiger partial charge in [-0.15, -0.1) is 0 Å². The van der Waals surface area contributed by atoms with Crippen LogP contribution >= 0.6 is 0 Å². The van der Waals surface area contributed by atoms with Gasteiger partial charge in [-0.1, -0.05) is 48.5 Å². The predicted octanol–water partition coefficient (Wildman–Crippen LogP) is 4.16. The lowest BCUT2D eigenvalue weighted by Crippen LogP contribution is -2.22. The first-order chi connectivity index (χ1) is 15.1. The summed E-state index contributed by atoms with van der Waals surface area (Å²) in [5.74, 6) is 0.179. The summed E-state index contributed by atoms with van der Waals surface area (Å²) in [4.78, 5) is 20.7. The first-order valence-corrected chi connectivity index (χ1v) is 9.82. The summed E-state index contributed by atoms with van der Waals surface area (Å²) in [5.41, 5.74) is 9.75. The van der Waals surface area contributed by atoms with Gasteiger partial charge in [0.05, 0.1) is 10.9 Å². The van der Waals surface area contributed by atoms with Crippen molar-refractivity contribution in [2.24, 2.45) is 0 Å². The van der Waals surface area contributed by atoms with Crippen LogP contribution in [0.5, 0.6) is 5.88 Å². The zero-order valence-corrected chi connectivity index (χ0v) is 16.7. The number of amides is 1. The van der Waals surface area contributed by atoms with Crippen LogP contribution in [0.15, 0.2) is 72.8 Å². The first kappa shape index (κ1) is 20.3. The number of fused-ring (bicyclic) bond motifs is 1. The number of rotatable bonds is 7. The van der Waals surface area contributed by atoms with Crippen LogP contribution in [-0.4, -0.2) is 29.2 Å². The Morgan fingerprint density at radius 1 is 0.968 bits per heavy atom. The molecule has 0 unspecified atom stereocenters. The summed E-state index contributed by atoms with van der Waals surface area (Å²) in [7, 11) is 0. The van der Waals surface area contributed by atoms with Gasteiger partial charge in [0, 0.05) is 12.1 Å². The molecule has 0 bridgehead atoms. The second kappa shape index (κ2) is 9.21. The Morgan fingerprint density at radius 3 is 2.45 bits per heavy atom. The van der Waals surface area contributed by atoms with Crippen molar-refractivity contribution < 1.29 is 13.9 Å². The normalized spacial score (nSPS) is 10.7. The van der Waals surface area contributed by atoms with Gasteiger partial charge in [-0.3, -0.25) is 4.79 Å². The van der Waals surface area contributed by atoms with E-state index < -0.39 is 6.67 Å². The minimum absolute atomic E-state index is 0.0694. The molecule has 0 aliphatic heterocycles. The predicted molar refractivity (Wildman–Crippen MR) is 118 cm³/mol. The van der Waals surface area contributed by atoms with Crippen molar-refractivity contribution in [1.29, 1.82) is 0 Å². The molecule has 1 heterocycles. The van der Waals surface area contributed by atoms with E-state index in [2.05, 4.69) is 15.3 Å². The lowest BCUT2D eigenvalue weighted by Gasteiger charge is -2.10. The number of alkyl halides is 1. The molecule has 0 aliphatic rings. The van der Waals surface area contributed by atoms with Gasteiger partial charge < -0.3 is 15.8 Å². The smallest absolute Gasteiger partial charge is 0.251 e. The van der Waals surface area contributed by atoms with E-state index in [0.717, 1.165) is 16.7 Å². The highest BCUT2D eigenvalue weighted by Gasteiger charge is 2.11. The van der Waals surface area contributed by atoms with E-state index in [0.29, 0.717) is 23.0 Å². The number of benzene rings is 3. The molecule has 4 aromatic rings. The molecule has 156 valence electrons. The summed E-state index contributed by atoms with van der Waals surface area (Å²) in [5, 5.41) is 3.56. The number of halogens is 1. The number of carbonyl (C=O) groups excluding carboxylic acids is 1. The van der Waals surface area contributed by atoms with E-state index in [-0.39, 0.29) is 24.3 Å². The van der Waals surface area contributed by atoms with Crippen LogP contribution in [0, 0.1) is 0 Å². The number of nitrogens with zero attached hydrogens (tertiary/aromatic N) is 2. The molecular formula is C24H21FN4O2. The van der Waals surface area contributed by atoms with E-state index in [1.54, 1.807) is 12.1 Å². The highest BCUT2D eigenvalue weighted by atomic mass is 19.1. The highest BCUT2D eigenvalue weighted by molar-refractivity contribution is 5.95. The van der Waals surface area contributed by atoms with Gasteiger partial charge in [-0.05, 0) is 41.0 Å². The Kier molecular flexibility index (Phi) is 6.03. The van der Waals surface area contributed by atoms with Gasteiger partial charge in [0.1, 0.15) is 13.3 Å². The zero-order valence-electron chi connectivity index (χ0n) is 16.7. The van der Waals surface area contributed by atoms with Crippen molar-refractivity contribution in [1.82, 2.24) is 15.3 Å². The Balaban J connectivity index is 1.54. The lowest BCUT2D eigenvalue weighted by atomic mass is 10.0. The number of ether oxygens (including phenoxy) is 1. The molecule has 0 saturated heterocycles. The molecular weight excluding hydrogens is 395 g/mol. The van der Waals surface area contributed by atoms with Gasteiger partial charge in [0.15, 0.2) is 0 Å². The van der Waals surface area contributed by atoms with Crippen LogP contribution in [-0.2, 0) is 6.54 Å². The maximum Gasteiger partial charge on any atom is 0.251 e. The molecule has 0 atom stereocenters. The molecule has 31 heavy (non-hydrogen) atoms. The number of carbonyl (C=O) groups is 1. The largest absolute Gasteiger partial charge is 0.474 e. The average molecular weight is 416 g/mol. The first-order valence-electron chi connectivity index (χ1n) is 9.82. The molecule has 1 amide bonds. The fourth-order valence-corrected chi connectivity index (χ4v) is 3.24. The van der Waals surface area contributed by atoms with Crippen LogP contribution < -0.4 is 15.8 Å². The number of aromatic nitrogens is 2. The summed E-state index contributed by atoms with van der Waals surface area (Å²) < 4.78 is 17.9. The Morgan fingerprint density at radius 2 is 1.71 bits per heavy atom. The molecule has 3 N–H and O–H groups in total. The van der Waals surface area contributed by atoms with Gasteiger partial charge in [-0.25, -0.2) is 9.37 Å². The number of nitrogens with two attached hydrogens (primary N) is 1. The molecule has 0 aliphatic carbocycles.